The molecule has 0 aliphatic carbocycles. The van der Waals surface area contributed by atoms with Gasteiger partial charge in [-0.3, -0.25) is 9.69 Å². The SMILES string of the molecule is C#C.C/C=C\C(=C/C)N=C(N)c1cc(-c2ccnc(OCCN3CCOCC3)n2)n[nH]c1=O. The van der Waals surface area contributed by atoms with E-state index in [-0.39, 0.29) is 17.4 Å². The predicted molar refractivity (Wildman–Crippen MR) is 128 cm³/mol. The van der Waals surface area contributed by atoms with E-state index in [9.17, 15) is 4.79 Å². The molecule has 0 amide bonds. The van der Waals surface area contributed by atoms with Gasteiger partial charge in [-0.2, -0.15) is 10.1 Å². The van der Waals surface area contributed by atoms with Crippen molar-refractivity contribution in [3.63, 3.8) is 0 Å². The first-order valence-electron chi connectivity index (χ1n) is 10.4. The molecule has 0 saturated carbocycles. The monoisotopic (exact) mass is 451 g/mol. The van der Waals surface area contributed by atoms with Gasteiger partial charge in [-0.15, -0.1) is 12.8 Å². The Morgan fingerprint density at radius 2 is 2.09 bits per heavy atom. The summed E-state index contributed by atoms with van der Waals surface area (Å²) in [5, 5.41) is 6.53. The smallest absolute Gasteiger partial charge is 0.316 e. The molecule has 0 spiro atoms. The predicted octanol–water partition coefficient (Wildman–Crippen LogP) is 1.37. The first-order chi connectivity index (χ1) is 16.1. The number of H-pyrrole nitrogens is 1. The standard InChI is InChI=1S/C21H27N7O3.C2H2/c1-3-5-15(4-2)24-19(22)16-14-18(26-27-20(16)29)17-6-7-23-21(25-17)31-13-10-28-8-11-30-12-9-28;1-2/h3-7,14H,8-13H2,1-2H3,(H2,22,24)(H,27,29);1-2H/b5-3-,15-4+;. The first-order valence-corrected chi connectivity index (χ1v) is 10.4. The molecule has 0 aromatic carbocycles. The molecule has 1 aliphatic heterocycles. The Bertz CT molecular complexity index is 1070. The van der Waals surface area contributed by atoms with E-state index in [1.807, 2.05) is 19.9 Å². The fourth-order valence-corrected chi connectivity index (χ4v) is 2.94. The number of nitrogens with two attached hydrogens (primary N) is 1. The van der Waals surface area contributed by atoms with E-state index < -0.39 is 5.56 Å². The van der Waals surface area contributed by atoms with Crippen molar-refractivity contribution < 1.29 is 9.47 Å². The molecule has 33 heavy (non-hydrogen) atoms. The second-order valence-electron chi connectivity index (χ2n) is 6.73. The van der Waals surface area contributed by atoms with E-state index >= 15 is 0 Å². The van der Waals surface area contributed by atoms with E-state index in [1.54, 1.807) is 30.5 Å². The highest BCUT2D eigenvalue weighted by atomic mass is 16.5. The van der Waals surface area contributed by atoms with Crippen LogP contribution in [0.4, 0.5) is 0 Å². The maximum atomic E-state index is 12.2. The summed E-state index contributed by atoms with van der Waals surface area (Å²) >= 11 is 0. The van der Waals surface area contributed by atoms with Gasteiger partial charge in [-0.25, -0.2) is 15.1 Å². The van der Waals surface area contributed by atoms with Crippen LogP contribution in [0.25, 0.3) is 11.4 Å². The normalized spacial score (nSPS) is 15.2. The van der Waals surface area contributed by atoms with Gasteiger partial charge in [0.25, 0.3) is 5.56 Å². The Morgan fingerprint density at radius 1 is 1.33 bits per heavy atom. The number of hydrogen-bond donors (Lipinski definition) is 2. The van der Waals surface area contributed by atoms with Crippen LogP contribution < -0.4 is 16.0 Å². The molecule has 2 aromatic heterocycles. The van der Waals surface area contributed by atoms with E-state index in [0.717, 1.165) is 32.8 Å². The van der Waals surface area contributed by atoms with Crippen molar-refractivity contribution in [1.29, 1.82) is 0 Å². The molecule has 2 aromatic rings. The Hall–Kier alpha value is -3.81. The van der Waals surface area contributed by atoms with Gasteiger partial charge in [0.1, 0.15) is 18.1 Å². The van der Waals surface area contributed by atoms with E-state index in [0.29, 0.717) is 23.7 Å². The minimum atomic E-state index is -0.433. The van der Waals surface area contributed by atoms with E-state index in [4.69, 9.17) is 15.2 Å². The zero-order valence-corrected chi connectivity index (χ0v) is 18.9. The van der Waals surface area contributed by atoms with Crippen LogP contribution >= 0.6 is 0 Å². The molecule has 10 nitrogen and oxygen atoms in total. The van der Waals surface area contributed by atoms with Crippen molar-refractivity contribution in [3.05, 3.63) is 58.2 Å². The van der Waals surface area contributed by atoms with Crippen LogP contribution in [-0.4, -0.2) is 70.4 Å². The maximum absolute atomic E-state index is 12.2. The molecule has 0 radical (unpaired) electrons. The number of ether oxygens (including phenoxy) is 2. The summed E-state index contributed by atoms with van der Waals surface area (Å²) in [6.07, 6.45) is 15.0. The maximum Gasteiger partial charge on any atom is 0.316 e. The number of aromatic amines is 1. The lowest BCUT2D eigenvalue weighted by molar-refractivity contribution is 0.0317. The zero-order valence-electron chi connectivity index (χ0n) is 18.9. The lowest BCUT2D eigenvalue weighted by Crippen LogP contribution is -2.38. The molecule has 10 heteroatoms. The van der Waals surface area contributed by atoms with Gasteiger partial charge in [-0.1, -0.05) is 12.2 Å². The van der Waals surface area contributed by atoms with E-state index in [2.05, 4.69) is 42.9 Å². The van der Waals surface area contributed by atoms with Crippen LogP contribution in [0.3, 0.4) is 0 Å². The van der Waals surface area contributed by atoms with Gasteiger partial charge in [0.2, 0.25) is 0 Å². The number of hydrogen-bond acceptors (Lipinski definition) is 8. The molecule has 0 unspecified atom stereocenters. The number of terminal acetylenes is 1. The Labute approximate surface area is 193 Å². The van der Waals surface area contributed by atoms with Crippen molar-refractivity contribution in [2.24, 2.45) is 10.7 Å². The van der Waals surface area contributed by atoms with Crippen molar-refractivity contribution in [3.8, 4) is 30.2 Å². The number of aliphatic imine (C=N–C) groups is 1. The minimum Gasteiger partial charge on any atom is -0.462 e. The molecular weight excluding hydrogens is 422 g/mol. The minimum absolute atomic E-state index is 0.0899. The summed E-state index contributed by atoms with van der Waals surface area (Å²) in [6.45, 7) is 8.21. The highest BCUT2D eigenvalue weighted by Crippen LogP contribution is 2.16. The first kappa shape index (κ1) is 25.5. The Morgan fingerprint density at radius 3 is 2.79 bits per heavy atom. The van der Waals surface area contributed by atoms with Crippen molar-refractivity contribution >= 4 is 5.84 Å². The van der Waals surface area contributed by atoms with Gasteiger partial charge in [0, 0.05) is 25.8 Å². The molecule has 3 heterocycles. The van der Waals surface area contributed by atoms with Gasteiger partial charge < -0.3 is 15.2 Å². The summed E-state index contributed by atoms with van der Waals surface area (Å²) in [7, 11) is 0. The lowest BCUT2D eigenvalue weighted by Gasteiger charge is -2.26. The van der Waals surface area contributed by atoms with Gasteiger partial charge in [-0.05, 0) is 32.1 Å². The fraction of sp³-hybridized carbons (Fsp3) is 0.348. The average molecular weight is 452 g/mol. The average Bonchev–Trinajstić information content (AvgIpc) is 2.86. The van der Waals surface area contributed by atoms with Crippen LogP contribution in [0.5, 0.6) is 6.01 Å². The zero-order chi connectivity index (χ0) is 24.1. The van der Waals surface area contributed by atoms with Crippen LogP contribution in [0.15, 0.2) is 52.0 Å². The summed E-state index contributed by atoms with van der Waals surface area (Å²) in [6, 6.07) is 3.48. The summed E-state index contributed by atoms with van der Waals surface area (Å²) in [4.78, 5) is 27.4. The van der Waals surface area contributed by atoms with Gasteiger partial charge >= 0.3 is 6.01 Å². The number of allylic oxidation sites excluding steroid dienone is 3. The topological polar surface area (TPSA) is 132 Å². The summed E-state index contributed by atoms with van der Waals surface area (Å²) in [5.41, 5.74) is 7.43. The highest BCUT2D eigenvalue weighted by Gasteiger charge is 2.13. The summed E-state index contributed by atoms with van der Waals surface area (Å²) < 4.78 is 11.0. The molecule has 1 aliphatic rings. The highest BCUT2D eigenvalue weighted by molar-refractivity contribution is 5.98. The lowest BCUT2D eigenvalue weighted by atomic mass is 10.2. The molecule has 3 rings (SSSR count). The molecular formula is C23H29N7O3. The van der Waals surface area contributed by atoms with Crippen LogP contribution in [0.1, 0.15) is 19.4 Å². The third-order valence-electron chi connectivity index (χ3n) is 4.60. The Kier molecular flexibility index (Phi) is 10.5. The molecule has 174 valence electrons. The van der Waals surface area contributed by atoms with E-state index in [1.165, 1.54) is 0 Å². The second kappa shape index (κ2) is 13.6. The van der Waals surface area contributed by atoms with Crippen molar-refractivity contribution in [1.82, 2.24) is 25.1 Å². The molecule has 0 bridgehead atoms. The number of amidine groups is 1. The number of aromatic nitrogens is 4. The largest absolute Gasteiger partial charge is 0.462 e. The third kappa shape index (κ3) is 7.68. The summed E-state index contributed by atoms with van der Waals surface area (Å²) in [5.74, 6) is 0.0899. The fourth-order valence-electron chi connectivity index (χ4n) is 2.94. The van der Waals surface area contributed by atoms with Crippen LogP contribution in [0, 0.1) is 12.8 Å². The number of rotatable bonds is 8. The van der Waals surface area contributed by atoms with Gasteiger partial charge in [0.15, 0.2) is 0 Å². The second-order valence-corrected chi connectivity index (χ2v) is 6.73. The number of nitrogens with one attached hydrogen (secondary N) is 1. The van der Waals surface area contributed by atoms with Crippen LogP contribution in [0.2, 0.25) is 0 Å². The number of morpholine rings is 1. The third-order valence-corrected chi connectivity index (χ3v) is 4.60. The molecule has 3 N–H and O–H groups in total. The quantitative estimate of drug-likeness (QED) is 0.266. The van der Waals surface area contributed by atoms with Gasteiger partial charge in [0.05, 0.1) is 30.2 Å². The van der Waals surface area contributed by atoms with Crippen molar-refractivity contribution in [2.45, 2.75) is 13.8 Å². The Balaban J connectivity index is 0.00000187. The molecule has 1 fully saturated rings. The number of nitrogens with zero attached hydrogens (tertiary/aromatic N) is 5. The van der Waals surface area contributed by atoms with Crippen LogP contribution in [-0.2, 0) is 4.74 Å². The van der Waals surface area contributed by atoms with Crippen molar-refractivity contribution in [2.75, 3.05) is 39.5 Å². The molecule has 1 saturated heterocycles. The molecule has 0 atom stereocenters.